The first-order valence-electron chi connectivity index (χ1n) is 5.36. The number of aromatic carboxylic acids is 1. The van der Waals surface area contributed by atoms with Crippen LogP contribution in [0, 0.1) is 15.9 Å². The lowest BCUT2D eigenvalue weighted by Gasteiger charge is -2.07. The lowest BCUT2D eigenvalue weighted by Crippen LogP contribution is -2.01. The van der Waals surface area contributed by atoms with Crippen LogP contribution < -0.4 is 0 Å². The number of carboxylic acid groups (broad SMARTS) is 1. The number of nitro benzene ring substituents is 1. The van der Waals surface area contributed by atoms with Crippen LogP contribution in [0.3, 0.4) is 0 Å². The fourth-order valence-electron chi connectivity index (χ4n) is 1.78. The predicted octanol–water partition coefficient (Wildman–Crippen LogP) is 3.75. The van der Waals surface area contributed by atoms with E-state index in [0.717, 1.165) is 30.3 Å². The van der Waals surface area contributed by atoms with E-state index in [1.165, 1.54) is 6.07 Å². The molecule has 0 unspecified atom stereocenters. The molecule has 7 heteroatoms. The average molecular weight is 296 g/mol. The topological polar surface area (TPSA) is 80.4 Å². The standard InChI is InChI=1S/C13H7ClFNO4/c14-8-3-7(4-9(15)5-8)12-6-10(16(19)20)1-2-11(12)13(17)18/h1-6H,(H,17,18). The molecule has 102 valence electrons. The Morgan fingerprint density at radius 3 is 2.50 bits per heavy atom. The van der Waals surface area contributed by atoms with Gasteiger partial charge in [0.1, 0.15) is 5.82 Å². The Morgan fingerprint density at radius 2 is 1.95 bits per heavy atom. The number of carbonyl (C=O) groups is 1. The first-order valence-corrected chi connectivity index (χ1v) is 5.74. The molecule has 0 heterocycles. The van der Waals surface area contributed by atoms with Crippen molar-refractivity contribution in [1.29, 1.82) is 0 Å². The summed E-state index contributed by atoms with van der Waals surface area (Å²) in [6.07, 6.45) is 0. The summed E-state index contributed by atoms with van der Waals surface area (Å²) in [6, 6.07) is 6.73. The lowest BCUT2D eigenvalue weighted by molar-refractivity contribution is -0.384. The Balaban J connectivity index is 2.71. The van der Waals surface area contributed by atoms with Gasteiger partial charge < -0.3 is 5.11 Å². The van der Waals surface area contributed by atoms with Gasteiger partial charge in [0, 0.05) is 22.7 Å². The number of hydrogen-bond acceptors (Lipinski definition) is 3. The predicted molar refractivity (Wildman–Crippen MR) is 70.5 cm³/mol. The highest BCUT2D eigenvalue weighted by Gasteiger charge is 2.17. The quantitative estimate of drug-likeness (QED) is 0.690. The summed E-state index contributed by atoms with van der Waals surface area (Å²) in [5.74, 6) is -1.93. The van der Waals surface area contributed by atoms with Crippen molar-refractivity contribution in [2.24, 2.45) is 0 Å². The zero-order chi connectivity index (χ0) is 14.9. The first kappa shape index (κ1) is 14.0. The fraction of sp³-hybridized carbons (Fsp3) is 0. The van der Waals surface area contributed by atoms with E-state index in [2.05, 4.69) is 0 Å². The molecular weight excluding hydrogens is 289 g/mol. The second-order valence-corrected chi connectivity index (χ2v) is 4.39. The summed E-state index contributed by atoms with van der Waals surface area (Å²) in [5.41, 5.74) is -0.258. The van der Waals surface area contributed by atoms with Crippen molar-refractivity contribution in [3.8, 4) is 11.1 Å². The van der Waals surface area contributed by atoms with Crippen LogP contribution in [-0.4, -0.2) is 16.0 Å². The zero-order valence-corrected chi connectivity index (χ0v) is 10.6. The Labute approximate surface area is 117 Å². The van der Waals surface area contributed by atoms with Crippen molar-refractivity contribution < 1.29 is 19.2 Å². The summed E-state index contributed by atoms with van der Waals surface area (Å²) >= 11 is 5.71. The SMILES string of the molecule is O=C(O)c1ccc([N+](=O)[O-])cc1-c1cc(F)cc(Cl)c1. The van der Waals surface area contributed by atoms with Gasteiger partial charge in [-0.05, 0) is 29.8 Å². The van der Waals surface area contributed by atoms with Gasteiger partial charge >= 0.3 is 5.97 Å². The number of non-ortho nitro benzene ring substituents is 1. The molecule has 0 saturated carbocycles. The Bertz CT molecular complexity index is 697. The summed E-state index contributed by atoms with van der Waals surface area (Å²) in [6.45, 7) is 0. The molecule has 5 nitrogen and oxygen atoms in total. The minimum atomic E-state index is -1.27. The molecular formula is C13H7ClFNO4. The molecule has 0 radical (unpaired) electrons. The molecule has 0 bridgehead atoms. The van der Waals surface area contributed by atoms with Crippen LogP contribution in [0.1, 0.15) is 10.4 Å². The van der Waals surface area contributed by atoms with Crippen LogP contribution in [0.5, 0.6) is 0 Å². The van der Waals surface area contributed by atoms with E-state index in [4.69, 9.17) is 16.7 Å². The van der Waals surface area contributed by atoms with Crippen molar-refractivity contribution in [2.75, 3.05) is 0 Å². The van der Waals surface area contributed by atoms with Crippen molar-refractivity contribution >= 4 is 23.3 Å². The van der Waals surface area contributed by atoms with E-state index in [9.17, 15) is 19.3 Å². The molecule has 0 aliphatic heterocycles. The summed E-state index contributed by atoms with van der Waals surface area (Å²) < 4.78 is 13.3. The number of hydrogen-bond donors (Lipinski definition) is 1. The van der Waals surface area contributed by atoms with Crippen LogP contribution in [0.2, 0.25) is 5.02 Å². The third kappa shape index (κ3) is 2.75. The maximum atomic E-state index is 13.3. The largest absolute Gasteiger partial charge is 0.478 e. The van der Waals surface area contributed by atoms with Crippen molar-refractivity contribution in [3.05, 3.63) is 62.9 Å². The molecule has 0 aliphatic carbocycles. The summed E-state index contributed by atoms with van der Waals surface area (Å²) in [4.78, 5) is 21.3. The highest BCUT2D eigenvalue weighted by Crippen LogP contribution is 2.30. The third-order valence-electron chi connectivity index (χ3n) is 2.62. The highest BCUT2D eigenvalue weighted by molar-refractivity contribution is 6.30. The normalized spacial score (nSPS) is 10.3. The molecule has 0 saturated heterocycles. The minimum absolute atomic E-state index is 0.0353. The number of nitro groups is 1. The van der Waals surface area contributed by atoms with E-state index < -0.39 is 16.7 Å². The Morgan fingerprint density at radius 1 is 1.25 bits per heavy atom. The molecule has 2 aromatic rings. The van der Waals surface area contributed by atoms with E-state index in [1.54, 1.807) is 0 Å². The van der Waals surface area contributed by atoms with Crippen molar-refractivity contribution in [1.82, 2.24) is 0 Å². The van der Waals surface area contributed by atoms with Crippen molar-refractivity contribution in [3.63, 3.8) is 0 Å². The fourth-order valence-corrected chi connectivity index (χ4v) is 2.00. The molecule has 0 amide bonds. The Hall–Kier alpha value is -2.47. The lowest BCUT2D eigenvalue weighted by atomic mass is 9.99. The smallest absolute Gasteiger partial charge is 0.336 e. The maximum absolute atomic E-state index is 13.3. The first-order chi connectivity index (χ1) is 9.38. The number of benzene rings is 2. The van der Waals surface area contributed by atoms with Gasteiger partial charge in [0.25, 0.3) is 5.69 Å². The van der Waals surface area contributed by atoms with Gasteiger partial charge in [-0.1, -0.05) is 11.6 Å². The number of rotatable bonds is 3. The second kappa shape index (κ2) is 5.26. The molecule has 0 aromatic heterocycles. The summed E-state index contributed by atoms with van der Waals surface area (Å²) in [7, 11) is 0. The van der Waals surface area contributed by atoms with Crippen LogP contribution in [-0.2, 0) is 0 Å². The number of halogens is 2. The van der Waals surface area contributed by atoms with Crippen LogP contribution in [0.15, 0.2) is 36.4 Å². The molecule has 0 atom stereocenters. The molecule has 0 fully saturated rings. The minimum Gasteiger partial charge on any atom is -0.478 e. The molecule has 2 aromatic carbocycles. The van der Waals surface area contributed by atoms with Gasteiger partial charge in [-0.15, -0.1) is 0 Å². The molecule has 0 aliphatic rings. The van der Waals surface area contributed by atoms with Gasteiger partial charge in [-0.25, -0.2) is 9.18 Å². The summed E-state index contributed by atoms with van der Waals surface area (Å²) in [5, 5.41) is 19.9. The van der Waals surface area contributed by atoms with E-state index in [0.29, 0.717) is 0 Å². The molecule has 20 heavy (non-hydrogen) atoms. The van der Waals surface area contributed by atoms with E-state index >= 15 is 0 Å². The molecule has 1 N–H and O–H groups in total. The monoisotopic (exact) mass is 295 g/mol. The zero-order valence-electron chi connectivity index (χ0n) is 9.84. The van der Waals surface area contributed by atoms with E-state index in [-0.39, 0.29) is 27.4 Å². The van der Waals surface area contributed by atoms with Crippen LogP contribution in [0.4, 0.5) is 10.1 Å². The van der Waals surface area contributed by atoms with Crippen LogP contribution >= 0.6 is 11.6 Å². The van der Waals surface area contributed by atoms with Crippen molar-refractivity contribution in [2.45, 2.75) is 0 Å². The average Bonchev–Trinajstić information content (AvgIpc) is 2.36. The van der Waals surface area contributed by atoms with E-state index in [1.807, 2.05) is 0 Å². The van der Waals surface area contributed by atoms with Gasteiger partial charge in [0.05, 0.1) is 10.5 Å². The number of carboxylic acids is 1. The molecule has 2 rings (SSSR count). The second-order valence-electron chi connectivity index (χ2n) is 3.95. The number of nitrogens with zero attached hydrogens (tertiary/aromatic N) is 1. The Kier molecular flexibility index (Phi) is 3.67. The molecule has 0 spiro atoms. The van der Waals surface area contributed by atoms with Crippen LogP contribution in [0.25, 0.3) is 11.1 Å². The van der Waals surface area contributed by atoms with Gasteiger partial charge in [0.15, 0.2) is 0 Å². The van der Waals surface area contributed by atoms with Gasteiger partial charge in [-0.2, -0.15) is 0 Å². The van der Waals surface area contributed by atoms with Gasteiger partial charge in [-0.3, -0.25) is 10.1 Å². The third-order valence-corrected chi connectivity index (χ3v) is 2.84. The van der Waals surface area contributed by atoms with Gasteiger partial charge in [0.2, 0.25) is 0 Å². The maximum Gasteiger partial charge on any atom is 0.336 e. The highest BCUT2D eigenvalue weighted by atomic mass is 35.5.